The molecule has 0 aliphatic carbocycles. The predicted octanol–water partition coefficient (Wildman–Crippen LogP) is 1.93. The molecule has 1 atom stereocenters. The summed E-state index contributed by atoms with van der Waals surface area (Å²) in [6.07, 6.45) is 2.38. The molecule has 2 heterocycles. The van der Waals surface area contributed by atoms with E-state index in [-0.39, 0.29) is 6.09 Å². The van der Waals surface area contributed by atoms with Crippen LogP contribution in [0.3, 0.4) is 0 Å². The smallest absolute Gasteiger partial charge is 0.410 e. The van der Waals surface area contributed by atoms with Gasteiger partial charge in [0, 0.05) is 32.2 Å². The number of carbonyl (C=O) groups excluding carboxylic acids is 1. The van der Waals surface area contributed by atoms with Crippen LogP contribution in [0.1, 0.15) is 40.5 Å². The highest BCUT2D eigenvalue weighted by molar-refractivity contribution is 5.68. The Kier molecular flexibility index (Phi) is 5.49. The number of piperidine rings is 1. The van der Waals surface area contributed by atoms with Crippen LogP contribution in [-0.4, -0.2) is 66.8 Å². The third-order valence-corrected chi connectivity index (χ3v) is 4.37. The molecule has 2 aliphatic heterocycles. The summed E-state index contributed by atoms with van der Waals surface area (Å²) in [4.78, 5) is 16.5. The quantitative estimate of drug-likeness (QED) is 0.846. The van der Waals surface area contributed by atoms with Crippen molar-refractivity contribution in [2.45, 2.75) is 52.2 Å². The molecular formula is C16H31N3O2. The van der Waals surface area contributed by atoms with Crippen LogP contribution < -0.4 is 5.32 Å². The summed E-state index contributed by atoms with van der Waals surface area (Å²) in [5.41, 5.74) is -0.410. The topological polar surface area (TPSA) is 44.8 Å². The molecule has 2 rings (SSSR count). The van der Waals surface area contributed by atoms with Crippen molar-refractivity contribution in [2.75, 3.05) is 39.3 Å². The van der Waals surface area contributed by atoms with Gasteiger partial charge in [-0.1, -0.05) is 0 Å². The van der Waals surface area contributed by atoms with Gasteiger partial charge in [0.15, 0.2) is 0 Å². The number of piperazine rings is 1. The minimum Gasteiger partial charge on any atom is -0.444 e. The molecular weight excluding hydrogens is 266 g/mol. The summed E-state index contributed by atoms with van der Waals surface area (Å²) in [6.45, 7) is 14.0. The fraction of sp³-hybridized carbons (Fsp3) is 0.938. The summed E-state index contributed by atoms with van der Waals surface area (Å²) in [7, 11) is 0. The van der Waals surface area contributed by atoms with Gasteiger partial charge >= 0.3 is 6.09 Å². The maximum Gasteiger partial charge on any atom is 0.410 e. The van der Waals surface area contributed by atoms with Crippen molar-refractivity contribution in [3.05, 3.63) is 0 Å². The van der Waals surface area contributed by atoms with Crippen LogP contribution in [0.25, 0.3) is 0 Å². The van der Waals surface area contributed by atoms with Crippen molar-refractivity contribution in [1.82, 2.24) is 15.1 Å². The van der Waals surface area contributed by atoms with Crippen molar-refractivity contribution < 1.29 is 9.53 Å². The number of carbonyl (C=O) groups is 1. The van der Waals surface area contributed by atoms with Gasteiger partial charge < -0.3 is 15.0 Å². The van der Waals surface area contributed by atoms with Crippen LogP contribution in [0.2, 0.25) is 0 Å². The summed E-state index contributed by atoms with van der Waals surface area (Å²) in [6, 6.07) is 0.418. The molecule has 5 heteroatoms. The van der Waals surface area contributed by atoms with E-state index in [0.717, 1.165) is 38.6 Å². The Bertz CT molecular complexity index is 348. The lowest BCUT2D eigenvalue weighted by Crippen LogP contribution is -2.55. The van der Waals surface area contributed by atoms with Crippen molar-refractivity contribution in [1.29, 1.82) is 0 Å². The maximum atomic E-state index is 12.1. The van der Waals surface area contributed by atoms with Gasteiger partial charge in [0.25, 0.3) is 0 Å². The molecule has 1 N–H and O–H groups in total. The van der Waals surface area contributed by atoms with E-state index in [2.05, 4.69) is 17.1 Å². The first-order valence-electron chi connectivity index (χ1n) is 8.28. The molecule has 2 fully saturated rings. The number of ether oxygens (including phenoxy) is 1. The van der Waals surface area contributed by atoms with E-state index < -0.39 is 5.60 Å². The van der Waals surface area contributed by atoms with Gasteiger partial charge in [-0.15, -0.1) is 0 Å². The lowest BCUT2D eigenvalue weighted by atomic mass is 9.96. The minimum absolute atomic E-state index is 0.170. The Hall–Kier alpha value is -0.810. The predicted molar refractivity (Wildman–Crippen MR) is 84.4 cm³/mol. The normalized spacial score (nSPS) is 25.9. The van der Waals surface area contributed by atoms with Crippen molar-refractivity contribution in [2.24, 2.45) is 5.92 Å². The van der Waals surface area contributed by atoms with Gasteiger partial charge in [-0.2, -0.15) is 0 Å². The molecule has 1 amide bonds. The van der Waals surface area contributed by atoms with Gasteiger partial charge in [-0.25, -0.2) is 4.79 Å². The molecule has 0 saturated carbocycles. The number of amides is 1. The van der Waals surface area contributed by atoms with Crippen molar-refractivity contribution in [3.63, 3.8) is 0 Å². The van der Waals surface area contributed by atoms with Crippen LogP contribution in [0.4, 0.5) is 4.79 Å². The van der Waals surface area contributed by atoms with Crippen LogP contribution in [-0.2, 0) is 4.74 Å². The second-order valence-electron chi connectivity index (χ2n) is 7.46. The van der Waals surface area contributed by atoms with Crippen LogP contribution in [0.15, 0.2) is 0 Å². The number of rotatable bonds is 2. The fourth-order valence-electron chi connectivity index (χ4n) is 3.15. The van der Waals surface area contributed by atoms with E-state index in [1.54, 1.807) is 0 Å². The second kappa shape index (κ2) is 6.97. The standard InChI is InChI=1S/C16H31N3O2/c1-13-11-19(15(20)21-16(2,3)4)10-9-18(13)12-14-5-7-17-8-6-14/h13-14,17H,5-12H2,1-4H3. The third kappa shape index (κ3) is 5.15. The molecule has 0 bridgehead atoms. The first-order valence-corrected chi connectivity index (χ1v) is 8.28. The number of hydrogen-bond acceptors (Lipinski definition) is 4. The summed E-state index contributed by atoms with van der Waals surface area (Å²) in [5, 5.41) is 3.42. The van der Waals surface area contributed by atoms with Gasteiger partial charge in [-0.05, 0) is 59.5 Å². The average molecular weight is 297 g/mol. The van der Waals surface area contributed by atoms with Crippen LogP contribution in [0, 0.1) is 5.92 Å². The molecule has 1 unspecified atom stereocenters. The SMILES string of the molecule is CC1CN(C(=O)OC(C)(C)C)CCN1CC1CCNCC1. The second-order valence-corrected chi connectivity index (χ2v) is 7.46. The lowest BCUT2D eigenvalue weighted by Gasteiger charge is -2.42. The summed E-state index contributed by atoms with van der Waals surface area (Å²) < 4.78 is 5.47. The lowest BCUT2D eigenvalue weighted by molar-refractivity contribution is 0.00294. The monoisotopic (exact) mass is 297 g/mol. The van der Waals surface area contributed by atoms with Gasteiger partial charge in [0.2, 0.25) is 0 Å². The molecule has 5 nitrogen and oxygen atoms in total. The molecule has 0 aromatic rings. The molecule has 2 aliphatic rings. The largest absolute Gasteiger partial charge is 0.444 e. The van der Waals surface area contributed by atoms with Crippen molar-refractivity contribution in [3.8, 4) is 0 Å². The van der Waals surface area contributed by atoms with E-state index in [0.29, 0.717) is 6.04 Å². The zero-order chi connectivity index (χ0) is 15.5. The minimum atomic E-state index is -0.410. The molecule has 0 spiro atoms. The number of nitrogens with zero attached hydrogens (tertiary/aromatic N) is 2. The van der Waals surface area contributed by atoms with E-state index in [4.69, 9.17) is 4.74 Å². The van der Waals surface area contributed by atoms with E-state index in [1.165, 1.54) is 19.4 Å². The molecule has 0 aromatic heterocycles. The number of hydrogen-bond donors (Lipinski definition) is 1. The molecule has 122 valence electrons. The molecule has 0 radical (unpaired) electrons. The highest BCUT2D eigenvalue weighted by atomic mass is 16.6. The first kappa shape index (κ1) is 16.6. The maximum absolute atomic E-state index is 12.1. The van der Waals surface area contributed by atoms with Gasteiger partial charge in [0.05, 0.1) is 0 Å². The Morgan fingerprint density at radius 1 is 1.24 bits per heavy atom. The summed E-state index contributed by atoms with van der Waals surface area (Å²) >= 11 is 0. The Balaban J connectivity index is 1.79. The first-order chi connectivity index (χ1) is 9.85. The van der Waals surface area contributed by atoms with E-state index >= 15 is 0 Å². The molecule has 2 saturated heterocycles. The van der Waals surface area contributed by atoms with Crippen LogP contribution in [0.5, 0.6) is 0 Å². The average Bonchev–Trinajstić information content (AvgIpc) is 2.40. The number of nitrogens with one attached hydrogen (secondary N) is 1. The Morgan fingerprint density at radius 3 is 2.48 bits per heavy atom. The zero-order valence-electron chi connectivity index (χ0n) is 14.0. The highest BCUT2D eigenvalue weighted by Crippen LogP contribution is 2.19. The van der Waals surface area contributed by atoms with Gasteiger partial charge in [0.1, 0.15) is 5.60 Å². The van der Waals surface area contributed by atoms with Gasteiger partial charge in [-0.3, -0.25) is 4.90 Å². The van der Waals surface area contributed by atoms with E-state index in [1.807, 2.05) is 25.7 Å². The Morgan fingerprint density at radius 2 is 1.90 bits per heavy atom. The van der Waals surface area contributed by atoms with Crippen molar-refractivity contribution >= 4 is 6.09 Å². The molecule has 21 heavy (non-hydrogen) atoms. The Labute approximate surface area is 129 Å². The summed E-state index contributed by atoms with van der Waals surface area (Å²) in [5.74, 6) is 0.807. The highest BCUT2D eigenvalue weighted by Gasteiger charge is 2.30. The molecule has 0 aromatic carbocycles. The zero-order valence-corrected chi connectivity index (χ0v) is 14.0. The van der Waals surface area contributed by atoms with E-state index in [9.17, 15) is 4.79 Å². The fourth-order valence-corrected chi connectivity index (χ4v) is 3.15. The third-order valence-electron chi connectivity index (χ3n) is 4.37. The van der Waals surface area contributed by atoms with Crippen LogP contribution >= 0.6 is 0 Å².